The summed E-state index contributed by atoms with van der Waals surface area (Å²) >= 11 is 0. The van der Waals surface area contributed by atoms with E-state index in [2.05, 4.69) is 72.7 Å². The average molecular weight is 326 g/mol. The van der Waals surface area contributed by atoms with Gasteiger partial charge in [0.15, 0.2) is 0 Å². The molecule has 0 amide bonds. The number of ether oxygens (including phenoxy) is 1. The van der Waals surface area contributed by atoms with Crippen LogP contribution in [0.25, 0.3) is 0 Å². The summed E-state index contributed by atoms with van der Waals surface area (Å²) in [6, 6.07) is 19.3. The van der Waals surface area contributed by atoms with Crippen molar-refractivity contribution in [2.45, 2.75) is 32.9 Å². The van der Waals surface area contributed by atoms with Crippen molar-refractivity contribution in [2.75, 3.05) is 26.7 Å². The van der Waals surface area contributed by atoms with Gasteiger partial charge in [0.25, 0.3) is 0 Å². The van der Waals surface area contributed by atoms with E-state index < -0.39 is 0 Å². The topological polar surface area (TPSA) is 24.5 Å². The maximum Gasteiger partial charge on any atom is 0.124 e. The lowest BCUT2D eigenvalue weighted by Gasteiger charge is -2.27. The molecule has 2 rings (SSSR count). The van der Waals surface area contributed by atoms with Gasteiger partial charge >= 0.3 is 0 Å². The maximum absolute atomic E-state index is 5.84. The van der Waals surface area contributed by atoms with Crippen LogP contribution in [-0.4, -0.2) is 31.6 Å². The molecule has 0 aromatic heterocycles. The van der Waals surface area contributed by atoms with Crippen LogP contribution in [0.15, 0.2) is 54.6 Å². The molecular formula is C21H30N2O. The quantitative estimate of drug-likeness (QED) is 0.706. The number of para-hydroxylation sites is 1. The highest BCUT2D eigenvalue weighted by Gasteiger charge is 2.17. The van der Waals surface area contributed by atoms with E-state index in [0.717, 1.165) is 31.8 Å². The minimum atomic E-state index is 0.265. The zero-order chi connectivity index (χ0) is 17.2. The van der Waals surface area contributed by atoms with Crippen molar-refractivity contribution in [2.24, 2.45) is 0 Å². The average Bonchev–Trinajstić information content (AvgIpc) is 2.60. The van der Waals surface area contributed by atoms with Crippen LogP contribution in [0.2, 0.25) is 0 Å². The van der Waals surface area contributed by atoms with Gasteiger partial charge in [-0.25, -0.2) is 0 Å². The number of nitrogens with zero attached hydrogens (tertiary/aromatic N) is 1. The number of benzene rings is 2. The van der Waals surface area contributed by atoms with Crippen LogP contribution < -0.4 is 10.1 Å². The van der Waals surface area contributed by atoms with E-state index in [-0.39, 0.29) is 6.04 Å². The molecule has 2 aromatic rings. The third-order valence-corrected chi connectivity index (χ3v) is 4.02. The van der Waals surface area contributed by atoms with E-state index >= 15 is 0 Å². The molecule has 24 heavy (non-hydrogen) atoms. The van der Waals surface area contributed by atoms with E-state index in [1.807, 2.05) is 13.0 Å². The molecule has 1 atom stereocenters. The first kappa shape index (κ1) is 18.5. The highest BCUT2D eigenvalue weighted by Crippen LogP contribution is 2.26. The van der Waals surface area contributed by atoms with Gasteiger partial charge in [-0.2, -0.15) is 0 Å². The van der Waals surface area contributed by atoms with Crippen molar-refractivity contribution < 1.29 is 4.74 Å². The van der Waals surface area contributed by atoms with Crippen molar-refractivity contribution in [3.63, 3.8) is 0 Å². The van der Waals surface area contributed by atoms with E-state index in [4.69, 9.17) is 4.74 Å². The van der Waals surface area contributed by atoms with E-state index in [9.17, 15) is 0 Å². The predicted octanol–water partition coefficient (Wildman–Crippen LogP) is 4.26. The Morgan fingerprint density at radius 3 is 2.42 bits per heavy atom. The van der Waals surface area contributed by atoms with Crippen LogP contribution in [0.1, 0.15) is 37.4 Å². The molecule has 0 radical (unpaired) electrons. The molecule has 130 valence electrons. The largest absolute Gasteiger partial charge is 0.494 e. The van der Waals surface area contributed by atoms with Gasteiger partial charge in [0.1, 0.15) is 5.75 Å². The molecule has 2 aromatic carbocycles. The number of hydrogen-bond donors (Lipinski definition) is 1. The second-order valence-electron chi connectivity index (χ2n) is 6.16. The van der Waals surface area contributed by atoms with Crippen molar-refractivity contribution in [1.29, 1.82) is 0 Å². The van der Waals surface area contributed by atoms with Gasteiger partial charge in [-0.1, -0.05) is 55.5 Å². The molecule has 0 fully saturated rings. The molecule has 0 aliphatic heterocycles. The normalized spacial score (nSPS) is 12.3. The summed E-state index contributed by atoms with van der Waals surface area (Å²) in [5, 5.41) is 3.68. The van der Waals surface area contributed by atoms with Crippen LogP contribution in [-0.2, 0) is 6.54 Å². The van der Waals surface area contributed by atoms with Crippen LogP contribution >= 0.6 is 0 Å². The number of likely N-dealkylation sites (N-methyl/N-ethyl adjacent to an activating group) is 1. The zero-order valence-corrected chi connectivity index (χ0v) is 15.2. The van der Waals surface area contributed by atoms with E-state index in [0.29, 0.717) is 6.61 Å². The zero-order valence-electron chi connectivity index (χ0n) is 15.2. The van der Waals surface area contributed by atoms with E-state index in [1.165, 1.54) is 11.1 Å². The van der Waals surface area contributed by atoms with E-state index in [1.54, 1.807) is 0 Å². The van der Waals surface area contributed by atoms with Crippen LogP contribution in [0.5, 0.6) is 5.75 Å². The van der Waals surface area contributed by atoms with Gasteiger partial charge in [-0.15, -0.1) is 0 Å². The van der Waals surface area contributed by atoms with Crippen LogP contribution in [0.3, 0.4) is 0 Å². The third-order valence-electron chi connectivity index (χ3n) is 4.02. The predicted molar refractivity (Wildman–Crippen MR) is 101 cm³/mol. The lowest BCUT2D eigenvalue weighted by molar-refractivity contribution is 0.275. The number of rotatable bonds is 10. The van der Waals surface area contributed by atoms with Crippen molar-refractivity contribution >= 4 is 0 Å². The molecule has 3 nitrogen and oxygen atoms in total. The summed E-state index contributed by atoms with van der Waals surface area (Å²) in [5.41, 5.74) is 2.58. The molecule has 0 aliphatic carbocycles. The summed E-state index contributed by atoms with van der Waals surface area (Å²) in [6.45, 7) is 7.82. The third kappa shape index (κ3) is 5.66. The maximum atomic E-state index is 5.84. The number of nitrogens with one attached hydrogen (secondary N) is 1. The molecule has 0 spiro atoms. The van der Waals surface area contributed by atoms with Gasteiger partial charge in [-0.05, 0) is 38.6 Å². The Bertz CT molecular complexity index is 585. The summed E-state index contributed by atoms with van der Waals surface area (Å²) in [7, 11) is 2.18. The Balaban J connectivity index is 2.10. The first-order valence-corrected chi connectivity index (χ1v) is 8.92. The fraction of sp³-hybridized carbons (Fsp3) is 0.429. The Morgan fingerprint density at radius 1 is 1.00 bits per heavy atom. The first-order chi connectivity index (χ1) is 11.7. The molecule has 1 unspecified atom stereocenters. The Kier molecular flexibility index (Phi) is 7.80. The van der Waals surface area contributed by atoms with Gasteiger partial charge in [0.05, 0.1) is 6.61 Å². The molecule has 0 saturated carbocycles. The molecule has 0 heterocycles. The summed E-state index contributed by atoms with van der Waals surface area (Å²) in [5.74, 6) is 0.988. The monoisotopic (exact) mass is 326 g/mol. The standard InChI is InChI=1S/C21H30N2O/c1-4-15-22-20(19-13-9-10-14-21(19)24-5-2)17-23(3)16-18-11-7-6-8-12-18/h6-14,20,22H,4-5,15-17H2,1-3H3. The van der Waals surface area contributed by atoms with Gasteiger partial charge in [0, 0.05) is 24.7 Å². The summed E-state index contributed by atoms with van der Waals surface area (Å²) in [4.78, 5) is 2.37. The second-order valence-corrected chi connectivity index (χ2v) is 6.16. The minimum absolute atomic E-state index is 0.265. The van der Waals surface area contributed by atoms with Crippen molar-refractivity contribution in [3.8, 4) is 5.75 Å². The summed E-state index contributed by atoms with van der Waals surface area (Å²) < 4.78 is 5.84. The smallest absolute Gasteiger partial charge is 0.124 e. The van der Waals surface area contributed by atoms with Crippen molar-refractivity contribution in [1.82, 2.24) is 10.2 Å². The highest BCUT2D eigenvalue weighted by atomic mass is 16.5. The fourth-order valence-electron chi connectivity index (χ4n) is 2.92. The lowest BCUT2D eigenvalue weighted by Crippen LogP contribution is -2.33. The van der Waals surface area contributed by atoms with Gasteiger partial charge in [-0.3, -0.25) is 0 Å². The molecule has 1 N–H and O–H groups in total. The molecule has 3 heteroatoms. The Morgan fingerprint density at radius 2 is 1.71 bits per heavy atom. The molecule has 0 saturated heterocycles. The summed E-state index contributed by atoms with van der Waals surface area (Å²) in [6.07, 6.45) is 1.12. The highest BCUT2D eigenvalue weighted by molar-refractivity contribution is 5.36. The Labute approximate surface area is 146 Å². The lowest BCUT2D eigenvalue weighted by atomic mass is 10.0. The van der Waals surface area contributed by atoms with Crippen LogP contribution in [0.4, 0.5) is 0 Å². The second kappa shape index (κ2) is 10.1. The fourth-order valence-corrected chi connectivity index (χ4v) is 2.92. The molecule has 0 bridgehead atoms. The molecule has 0 aliphatic rings. The SMILES string of the molecule is CCCNC(CN(C)Cc1ccccc1)c1ccccc1OCC. The Hall–Kier alpha value is -1.84. The first-order valence-electron chi connectivity index (χ1n) is 8.92. The number of hydrogen-bond acceptors (Lipinski definition) is 3. The van der Waals surface area contributed by atoms with Gasteiger partial charge in [0.2, 0.25) is 0 Å². The minimum Gasteiger partial charge on any atom is -0.494 e. The van der Waals surface area contributed by atoms with Crippen LogP contribution in [0, 0.1) is 0 Å². The van der Waals surface area contributed by atoms with Crippen molar-refractivity contribution in [3.05, 3.63) is 65.7 Å². The van der Waals surface area contributed by atoms with Gasteiger partial charge < -0.3 is 15.0 Å². The molecular weight excluding hydrogens is 296 g/mol.